The Morgan fingerprint density at radius 2 is 1.89 bits per heavy atom. The van der Waals surface area contributed by atoms with E-state index in [9.17, 15) is 37.9 Å². The van der Waals surface area contributed by atoms with Crippen LogP contribution in [0.15, 0.2) is 53.7 Å². The zero-order valence-electron chi connectivity index (χ0n) is 19.5. The fourth-order valence-electron chi connectivity index (χ4n) is 4.13. The van der Waals surface area contributed by atoms with Crippen LogP contribution in [0.3, 0.4) is 0 Å². The predicted octanol–water partition coefficient (Wildman–Crippen LogP) is 3.53. The number of methoxy groups -OCH3 is 1. The molecule has 0 radical (unpaired) electrons. The Hall–Kier alpha value is -4.86. The van der Waals surface area contributed by atoms with Crippen molar-refractivity contribution in [1.82, 2.24) is 4.90 Å². The van der Waals surface area contributed by atoms with Crippen molar-refractivity contribution < 1.29 is 37.4 Å². The van der Waals surface area contributed by atoms with Crippen LogP contribution in [-0.2, 0) is 26.9 Å². The number of esters is 1. The molecule has 10 nitrogen and oxygen atoms in total. The summed E-state index contributed by atoms with van der Waals surface area (Å²) in [7, 11) is 1.04. The first-order valence-corrected chi connectivity index (χ1v) is 10.5. The lowest BCUT2D eigenvalue weighted by Gasteiger charge is -2.43. The fraction of sp³-hybridized carbons (Fsp3) is 0.208. The molecule has 2 aromatic carbocycles. The number of hydrogen-bond acceptors (Lipinski definition) is 6. The van der Waals surface area contributed by atoms with Crippen LogP contribution >= 0.6 is 0 Å². The van der Waals surface area contributed by atoms with Gasteiger partial charge in [-0.3, -0.25) is 20.0 Å². The van der Waals surface area contributed by atoms with Crippen molar-refractivity contribution in [3.63, 3.8) is 0 Å². The Bertz CT molecular complexity index is 1380. The number of anilines is 1. The largest absolute Gasteiger partial charge is 0.481 e. The van der Waals surface area contributed by atoms with E-state index in [2.05, 4.69) is 0 Å². The van der Waals surface area contributed by atoms with Gasteiger partial charge in [-0.05, 0) is 48.4 Å². The molecule has 0 unspecified atom stereocenters. The number of primary amides is 1. The lowest BCUT2D eigenvalue weighted by Crippen LogP contribution is -2.55. The van der Waals surface area contributed by atoms with Gasteiger partial charge in [0.25, 0.3) is 0 Å². The van der Waals surface area contributed by atoms with Gasteiger partial charge in [-0.25, -0.2) is 9.59 Å². The third-order valence-electron chi connectivity index (χ3n) is 5.68. The molecule has 0 aliphatic carbocycles. The minimum Gasteiger partial charge on any atom is -0.481 e. The van der Waals surface area contributed by atoms with E-state index in [0.717, 1.165) is 30.2 Å². The molecule has 3 rings (SSSR count). The van der Waals surface area contributed by atoms with E-state index < -0.39 is 48.1 Å². The molecule has 4 N–H and O–H groups in total. The average molecular weight is 515 g/mol. The summed E-state index contributed by atoms with van der Waals surface area (Å²) in [5.41, 5.74) is 4.25. The van der Waals surface area contributed by atoms with Crippen LogP contribution in [0, 0.1) is 16.7 Å². The van der Waals surface area contributed by atoms with Crippen molar-refractivity contribution >= 4 is 29.6 Å². The summed E-state index contributed by atoms with van der Waals surface area (Å²) >= 11 is 0. The highest BCUT2D eigenvalue weighted by Crippen LogP contribution is 2.42. The van der Waals surface area contributed by atoms with Crippen LogP contribution < -0.4 is 10.6 Å². The number of carbonyl (C=O) groups excluding carboxylic acids is 2. The van der Waals surface area contributed by atoms with Crippen molar-refractivity contribution in [2.24, 2.45) is 5.73 Å². The van der Waals surface area contributed by atoms with Crippen LogP contribution in [0.4, 0.5) is 23.7 Å². The fourth-order valence-corrected chi connectivity index (χ4v) is 4.13. The number of nitriles is 1. The second kappa shape index (κ2) is 10.0. The van der Waals surface area contributed by atoms with Gasteiger partial charge >= 0.3 is 24.1 Å². The Morgan fingerprint density at radius 3 is 2.43 bits per heavy atom. The van der Waals surface area contributed by atoms with Gasteiger partial charge < -0.3 is 15.6 Å². The molecular formula is C24H20F3N5O5. The Kier molecular flexibility index (Phi) is 7.24. The number of carboxylic acid groups (broad SMARTS) is 1. The second-order valence-corrected chi connectivity index (χ2v) is 7.90. The molecule has 1 aliphatic heterocycles. The zero-order chi connectivity index (χ0) is 27.7. The highest BCUT2D eigenvalue weighted by molar-refractivity contribution is 6.10. The van der Waals surface area contributed by atoms with Crippen molar-refractivity contribution in [3.8, 4) is 6.07 Å². The smallest absolute Gasteiger partial charge is 0.416 e. The lowest BCUT2D eigenvalue weighted by atomic mass is 9.88. The minimum atomic E-state index is -4.71. The molecule has 0 spiro atoms. The van der Waals surface area contributed by atoms with Gasteiger partial charge in [-0.1, -0.05) is 12.1 Å². The van der Waals surface area contributed by atoms with Crippen LogP contribution in [0.25, 0.3) is 0 Å². The molecule has 0 saturated carbocycles. The first-order valence-electron chi connectivity index (χ1n) is 10.5. The molecule has 0 bridgehead atoms. The number of rotatable bonds is 5. The minimum absolute atomic E-state index is 0.0516. The second-order valence-electron chi connectivity index (χ2n) is 7.90. The number of alkyl halides is 3. The van der Waals surface area contributed by atoms with Gasteiger partial charge in [-0.15, -0.1) is 0 Å². The number of benzene rings is 2. The summed E-state index contributed by atoms with van der Waals surface area (Å²) in [6.45, 7) is 1.34. The molecule has 1 heterocycles. The third kappa shape index (κ3) is 5.08. The van der Waals surface area contributed by atoms with Gasteiger partial charge in [0.1, 0.15) is 6.04 Å². The number of nitrogens with one attached hydrogen (secondary N) is 1. The van der Waals surface area contributed by atoms with Crippen LogP contribution in [0.1, 0.15) is 35.2 Å². The number of carbonyl (C=O) groups is 3. The number of guanidine groups is 1. The number of nitrogens with zero attached hydrogens (tertiary/aromatic N) is 3. The number of halogens is 3. The predicted molar refractivity (Wildman–Crippen MR) is 123 cm³/mol. The van der Waals surface area contributed by atoms with Crippen LogP contribution in [0.5, 0.6) is 0 Å². The van der Waals surface area contributed by atoms with Crippen molar-refractivity contribution in [2.75, 3.05) is 12.0 Å². The number of ether oxygens (including phenoxy) is 1. The molecule has 1 atom stereocenters. The third-order valence-corrected chi connectivity index (χ3v) is 5.68. The summed E-state index contributed by atoms with van der Waals surface area (Å²) in [5.74, 6) is -2.96. The Morgan fingerprint density at radius 1 is 1.22 bits per heavy atom. The number of carboxylic acids is 1. The molecule has 2 aromatic rings. The molecule has 0 aromatic heterocycles. The number of amides is 2. The van der Waals surface area contributed by atoms with Crippen molar-refractivity contribution in [1.29, 1.82) is 10.7 Å². The summed E-state index contributed by atoms with van der Waals surface area (Å²) in [6, 6.07) is 6.97. The monoisotopic (exact) mass is 515 g/mol. The van der Waals surface area contributed by atoms with E-state index in [1.807, 2.05) is 6.07 Å². The molecule has 0 fully saturated rings. The van der Waals surface area contributed by atoms with Crippen molar-refractivity contribution in [2.45, 2.75) is 25.6 Å². The van der Waals surface area contributed by atoms with E-state index in [4.69, 9.17) is 15.9 Å². The molecule has 0 saturated heterocycles. The average Bonchev–Trinajstić information content (AvgIpc) is 2.82. The van der Waals surface area contributed by atoms with Gasteiger partial charge in [0.15, 0.2) is 0 Å². The lowest BCUT2D eigenvalue weighted by molar-refractivity contribution is -0.138. The summed E-state index contributed by atoms with van der Waals surface area (Å²) in [6.07, 6.45) is -5.32. The van der Waals surface area contributed by atoms with Gasteiger partial charge in [0, 0.05) is 11.4 Å². The molecular weight excluding hydrogens is 495 g/mol. The van der Waals surface area contributed by atoms with E-state index in [1.165, 1.54) is 31.2 Å². The van der Waals surface area contributed by atoms with Crippen molar-refractivity contribution in [3.05, 3.63) is 76.0 Å². The summed E-state index contributed by atoms with van der Waals surface area (Å²) in [4.78, 5) is 38.7. The topological polar surface area (TPSA) is 161 Å². The SMILES string of the molecule is COC(=O)C1=C(C)N(c2cccc(C(F)(F)F)c2)C(=N)N(C(N)=O)[C@@H]1c1ccc(C#N)cc1CC(=O)O. The highest BCUT2D eigenvalue weighted by Gasteiger charge is 2.44. The maximum Gasteiger partial charge on any atom is 0.416 e. The van der Waals surface area contributed by atoms with Gasteiger partial charge in [-0.2, -0.15) is 18.4 Å². The highest BCUT2D eigenvalue weighted by atomic mass is 19.4. The number of allylic oxidation sites excluding steroid dienone is 1. The zero-order valence-corrected chi connectivity index (χ0v) is 19.5. The number of urea groups is 1. The van der Waals surface area contributed by atoms with Gasteiger partial charge in [0.2, 0.25) is 5.96 Å². The molecule has 1 aliphatic rings. The first kappa shape index (κ1) is 26.7. The van der Waals surface area contributed by atoms with E-state index in [0.29, 0.717) is 4.90 Å². The summed E-state index contributed by atoms with van der Waals surface area (Å²) < 4.78 is 45.0. The maximum absolute atomic E-state index is 13.4. The maximum atomic E-state index is 13.4. The van der Waals surface area contributed by atoms with E-state index >= 15 is 0 Å². The molecule has 2 amide bonds. The molecule has 13 heteroatoms. The van der Waals surface area contributed by atoms with Crippen LogP contribution in [-0.4, -0.2) is 41.0 Å². The molecule has 192 valence electrons. The number of nitrogens with two attached hydrogens (primary N) is 1. The normalized spacial score (nSPS) is 15.9. The number of hydrogen-bond donors (Lipinski definition) is 3. The summed E-state index contributed by atoms with van der Waals surface area (Å²) in [5, 5.41) is 27.4. The Labute approximate surface area is 208 Å². The Balaban J connectivity index is 2.36. The quantitative estimate of drug-likeness (QED) is 0.513. The van der Waals surface area contributed by atoms with E-state index in [-0.39, 0.29) is 33.6 Å². The first-order chi connectivity index (χ1) is 17.3. The van der Waals surface area contributed by atoms with Gasteiger partial charge in [0.05, 0.1) is 36.3 Å². The van der Waals surface area contributed by atoms with E-state index in [1.54, 1.807) is 0 Å². The number of aliphatic carboxylic acids is 1. The van der Waals surface area contributed by atoms with Crippen LogP contribution in [0.2, 0.25) is 0 Å². The molecule has 37 heavy (non-hydrogen) atoms. The standard InChI is InChI=1S/C24H20F3N5O5/c1-12-19(21(35)37-2)20(17-7-6-13(11-28)8-14(17)9-18(33)34)32(23(30)36)22(29)31(12)16-5-3-4-15(10-16)24(25,26)27/h3-8,10,20,29H,9H2,1-2H3,(H2,30,36)(H,33,34)/t20-/m1/s1.